The van der Waals surface area contributed by atoms with E-state index in [0.29, 0.717) is 25.6 Å². The summed E-state index contributed by atoms with van der Waals surface area (Å²) >= 11 is 0. The highest BCUT2D eigenvalue weighted by Crippen LogP contribution is 2.03. The number of benzene rings is 1. The van der Waals surface area contributed by atoms with Gasteiger partial charge in [-0.25, -0.2) is 17.8 Å². The third-order valence-corrected chi connectivity index (χ3v) is 4.53. The smallest absolute Gasteiger partial charge is 0.191 e. The van der Waals surface area contributed by atoms with Crippen molar-refractivity contribution in [3.63, 3.8) is 0 Å². The van der Waals surface area contributed by atoms with Crippen LogP contribution in [0.25, 0.3) is 0 Å². The van der Waals surface area contributed by atoms with Crippen LogP contribution < -0.4 is 10.6 Å². The van der Waals surface area contributed by atoms with Crippen molar-refractivity contribution >= 4 is 15.8 Å². The van der Waals surface area contributed by atoms with Gasteiger partial charge in [0.2, 0.25) is 0 Å². The van der Waals surface area contributed by atoms with Gasteiger partial charge < -0.3 is 10.6 Å². The van der Waals surface area contributed by atoms with Gasteiger partial charge in [-0.3, -0.25) is 0 Å². The van der Waals surface area contributed by atoms with E-state index in [-0.39, 0.29) is 17.3 Å². The van der Waals surface area contributed by atoms with Crippen molar-refractivity contribution in [1.29, 1.82) is 0 Å². The Bertz CT molecular complexity index is 556. The lowest BCUT2D eigenvalue weighted by atomic mass is 10.2. The van der Waals surface area contributed by atoms with Gasteiger partial charge >= 0.3 is 0 Å². The maximum Gasteiger partial charge on any atom is 0.191 e. The van der Waals surface area contributed by atoms with E-state index in [4.69, 9.17) is 0 Å². The third-order valence-electron chi connectivity index (χ3n) is 2.82. The van der Waals surface area contributed by atoms with E-state index < -0.39 is 9.84 Å². The molecule has 0 spiro atoms. The van der Waals surface area contributed by atoms with Gasteiger partial charge in [-0.2, -0.15) is 0 Å². The number of hydrogen-bond donors (Lipinski definition) is 2. The SMILES string of the molecule is CCNC(=NCc1ccc(F)cc1)NCCS(=O)(=O)CC. The van der Waals surface area contributed by atoms with Crippen LogP contribution in [0, 0.1) is 5.82 Å². The molecule has 1 rings (SSSR count). The highest BCUT2D eigenvalue weighted by atomic mass is 32.2. The molecule has 0 aromatic heterocycles. The molecule has 118 valence electrons. The van der Waals surface area contributed by atoms with E-state index in [1.807, 2.05) is 6.92 Å². The number of hydrogen-bond acceptors (Lipinski definition) is 3. The second-order valence-electron chi connectivity index (χ2n) is 4.48. The molecule has 0 unspecified atom stereocenters. The van der Waals surface area contributed by atoms with Crippen molar-refractivity contribution in [3.8, 4) is 0 Å². The van der Waals surface area contributed by atoms with Crippen LogP contribution in [0.2, 0.25) is 0 Å². The molecule has 5 nitrogen and oxygen atoms in total. The average molecular weight is 315 g/mol. The van der Waals surface area contributed by atoms with Crippen LogP contribution in [0.15, 0.2) is 29.3 Å². The van der Waals surface area contributed by atoms with E-state index in [9.17, 15) is 12.8 Å². The molecule has 7 heteroatoms. The van der Waals surface area contributed by atoms with E-state index in [2.05, 4.69) is 15.6 Å². The Morgan fingerprint density at radius 1 is 1.19 bits per heavy atom. The van der Waals surface area contributed by atoms with Gasteiger partial charge in [0, 0.05) is 18.8 Å². The molecule has 0 aliphatic heterocycles. The van der Waals surface area contributed by atoms with Crippen LogP contribution in [-0.4, -0.2) is 39.0 Å². The summed E-state index contributed by atoms with van der Waals surface area (Å²) in [6, 6.07) is 6.12. The molecule has 0 saturated carbocycles. The van der Waals surface area contributed by atoms with E-state index in [0.717, 1.165) is 5.56 Å². The van der Waals surface area contributed by atoms with Crippen molar-refractivity contribution in [1.82, 2.24) is 10.6 Å². The Hall–Kier alpha value is -1.63. The zero-order chi connectivity index (χ0) is 15.7. The molecular formula is C14H22FN3O2S. The summed E-state index contributed by atoms with van der Waals surface area (Å²) in [5.41, 5.74) is 0.884. The third kappa shape index (κ3) is 7.08. The van der Waals surface area contributed by atoms with Crippen LogP contribution in [0.3, 0.4) is 0 Å². The molecule has 0 saturated heterocycles. The van der Waals surface area contributed by atoms with Gasteiger partial charge in [-0.05, 0) is 24.6 Å². The lowest BCUT2D eigenvalue weighted by Gasteiger charge is -2.11. The molecule has 0 aliphatic carbocycles. The Kier molecular flexibility index (Phi) is 7.14. The molecule has 0 amide bonds. The number of rotatable bonds is 7. The molecule has 0 heterocycles. The highest BCUT2D eigenvalue weighted by Gasteiger charge is 2.07. The normalized spacial score (nSPS) is 12.2. The van der Waals surface area contributed by atoms with Crippen molar-refractivity contribution in [3.05, 3.63) is 35.6 Å². The lowest BCUT2D eigenvalue weighted by molar-refractivity contribution is 0.595. The molecule has 0 fully saturated rings. The van der Waals surface area contributed by atoms with Crippen LogP contribution in [0.5, 0.6) is 0 Å². The summed E-state index contributed by atoms with van der Waals surface area (Å²) < 4.78 is 35.6. The van der Waals surface area contributed by atoms with Gasteiger partial charge in [0.25, 0.3) is 0 Å². The second-order valence-corrected chi connectivity index (χ2v) is 6.96. The molecule has 0 aliphatic rings. The van der Waals surface area contributed by atoms with Crippen LogP contribution in [-0.2, 0) is 16.4 Å². The van der Waals surface area contributed by atoms with Gasteiger partial charge in [0.15, 0.2) is 15.8 Å². The molecule has 2 N–H and O–H groups in total. The molecule has 1 aromatic carbocycles. The highest BCUT2D eigenvalue weighted by molar-refractivity contribution is 7.91. The van der Waals surface area contributed by atoms with Crippen molar-refractivity contribution in [2.24, 2.45) is 4.99 Å². The number of sulfone groups is 1. The standard InChI is InChI=1S/C14H22FN3O2S/c1-3-16-14(17-9-10-21(19,20)4-2)18-11-12-5-7-13(15)8-6-12/h5-8H,3-4,9-11H2,1-2H3,(H2,16,17,18). The summed E-state index contributed by atoms with van der Waals surface area (Å²) in [6.07, 6.45) is 0. The van der Waals surface area contributed by atoms with Crippen molar-refractivity contribution in [2.45, 2.75) is 20.4 Å². The first-order chi connectivity index (χ1) is 9.96. The van der Waals surface area contributed by atoms with Gasteiger partial charge in [-0.15, -0.1) is 0 Å². The number of halogens is 1. The second kappa shape index (κ2) is 8.61. The Morgan fingerprint density at radius 3 is 2.43 bits per heavy atom. The lowest BCUT2D eigenvalue weighted by Crippen LogP contribution is -2.39. The quantitative estimate of drug-likeness (QED) is 0.588. The number of nitrogens with one attached hydrogen (secondary N) is 2. The Labute approximate surface area is 125 Å². The van der Waals surface area contributed by atoms with E-state index in [1.165, 1.54) is 12.1 Å². The van der Waals surface area contributed by atoms with E-state index in [1.54, 1.807) is 19.1 Å². The van der Waals surface area contributed by atoms with Crippen molar-refractivity contribution in [2.75, 3.05) is 24.6 Å². The zero-order valence-corrected chi connectivity index (χ0v) is 13.2. The zero-order valence-electron chi connectivity index (χ0n) is 12.4. The minimum atomic E-state index is -2.99. The van der Waals surface area contributed by atoms with Crippen LogP contribution >= 0.6 is 0 Å². The topological polar surface area (TPSA) is 70.6 Å². The Morgan fingerprint density at radius 2 is 1.86 bits per heavy atom. The van der Waals surface area contributed by atoms with Gasteiger partial charge in [-0.1, -0.05) is 19.1 Å². The average Bonchev–Trinajstić information content (AvgIpc) is 2.46. The minimum absolute atomic E-state index is 0.0739. The van der Waals surface area contributed by atoms with Crippen molar-refractivity contribution < 1.29 is 12.8 Å². The largest absolute Gasteiger partial charge is 0.357 e. The van der Waals surface area contributed by atoms with E-state index >= 15 is 0 Å². The fourth-order valence-corrected chi connectivity index (χ4v) is 2.27. The maximum absolute atomic E-state index is 12.8. The summed E-state index contributed by atoms with van der Waals surface area (Å²) in [6.45, 7) is 4.94. The molecular weight excluding hydrogens is 293 g/mol. The number of guanidine groups is 1. The Balaban J connectivity index is 2.55. The number of aliphatic imine (C=N–C) groups is 1. The molecule has 0 bridgehead atoms. The van der Waals surface area contributed by atoms with Gasteiger partial charge in [0.1, 0.15) is 5.82 Å². The minimum Gasteiger partial charge on any atom is -0.357 e. The number of nitrogens with zero attached hydrogens (tertiary/aromatic N) is 1. The first-order valence-corrected chi connectivity index (χ1v) is 8.76. The summed E-state index contributed by atoms with van der Waals surface area (Å²) in [5.74, 6) is 0.480. The maximum atomic E-state index is 12.8. The molecule has 1 aromatic rings. The molecule has 0 radical (unpaired) electrons. The summed E-state index contributed by atoms with van der Waals surface area (Å²) in [5, 5.41) is 6.02. The fraction of sp³-hybridized carbons (Fsp3) is 0.500. The summed E-state index contributed by atoms with van der Waals surface area (Å²) in [4.78, 5) is 4.34. The molecule has 21 heavy (non-hydrogen) atoms. The first-order valence-electron chi connectivity index (χ1n) is 6.94. The predicted molar refractivity (Wildman–Crippen MR) is 83.5 cm³/mol. The predicted octanol–water partition coefficient (Wildman–Crippen LogP) is 1.32. The molecule has 0 atom stereocenters. The monoisotopic (exact) mass is 315 g/mol. The van der Waals surface area contributed by atoms with Crippen LogP contribution in [0.4, 0.5) is 4.39 Å². The fourth-order valence-electron chi connectivity index (χ4n) is 1.57. The summed E-state index contributed by atoms with van der Waals surface area (Å²) in [7, 11) is -2.99. The first kappa shape index (κ1) is 17.4. The van der Waals surface area contributed by atoms with Gasteiger partial charge in [0.05, 0.1) is 12.3 Å². The van der Waals surface area contributed by atoms with Crippen LogP contribution in [0.1, 0.15) is 19.4 Å².